The molecule has 27 heavy (non-hydrogen) atoms. The van der Waals surface area contributed by atoms with Gasteiger partial charge in [0.1, 0.15) is 0 Å². The normalized spacial score (nSPS) is 12.5. The lowest BCUT2D eigenvalue weighted by Crippen LogP contribution is -2.36. The summed E-state index contributed by atoms with van der Waals surface area (Å²) in [6, 6.07) is 0. The van der Waals surface area contributed by atoms with E-state index < -0.39 is 33.2 Å². The molecule has 0 bridgehead atoms. The molecule has 0 aromatic carbocycles. The van der Waals surface area contributed by atoms with Crippen molar-refractivity contribution in [3.8, 4) is 0 Å². The topological polar surface area (TPSA) is 146 Å². The molecule has 0 aliphatic heterocycles. The molecule has 0 heterocycles. The van der Waals surface area contributed by atoms with Gasteiger partial charge < -0.3 is 4.74 Å². The minimum Gasteiger partial charge on any atom is -0.468 e. The van der Waals surface area contributed by atoms with Crippen LogP contribution in [-0.2, 0) is 56.9 Å². The van der Waals surface area contributed by atoms with Crippen molar-refractivity contribution in [3.05, 3.63) is 0 Å². The molecule has 162 valence electrons. The van der Waals surface area contributed by atoms with Gasteiger partial charge in [0.05, 0.1) is 40.1 Å². The van der Waals surface area contributed by atoms with Crippen molar-refractivity contribution < 1.29 is 56.9 Å². The number of carbonyl (C=O) groups is 1. The van der Waals surface area contributed by atoms with Crippen molar-refractivity contribution in [1.29, 1.82) is 0 Å². The first kappa shape index (κ1) is 26.6. The van der Waals surface area contributed by atoms with Crippen molar-refractivity contribution in [3.63, 3.8) is 0 Å². The van der Waals surface area contributed by atoms with Gasteiger partial charge in [-0.1, -0.05) is 0 Å². The molecule has 0 aromatic rings. The summed E-state index contributed by atoms with van der Waals surface area (Å²) in [7, 11) is -8.01. The first-order valence-corrected chi connectivity index (χ1v) is 11.3. The molecular formula is C12H27NO12P2. The number of hydrogen-bond acceptors (Lipinski definition) is 13. The van der Waals surface area contributed by atoms with Crippen LogP contribution < -0.4 is 5.32 Å². The number of ether oxygens (including phenoxy) is 1. The van der Waals surface area contributed by atoms with Crippen LogP contribution in [0.5, 0.6) is 0 Å². The number of methoxy groups -OCH3 is 1. The maximum Gasteiger partial charge on any atom is 0.413 e. The SMILES string of the molecule is CCOOP(=O)(OOCC)C(NCC(=O)OC)P(=O)(OOCC)OOCC. The Kier molecular flexibility index (Phi) is 14.3. The summed E-state index contributed by atoms with van der Waals surface area (Å²) in [5, 5.41) is 2.37. The Morgan fingerprint density at radius 2 is 1.11 bits per heavy atom. The number of carbonyl (C=O) groups excluding carboxylic acids is 1. The maximum absolute atomic E-state index is 13.2. The molecule has 0 atom stereocenters. The second kappa shape index (κ2) is 14.6. The Balaban J connectivity index is 5.88. The van der Waals surface area contributed by atoms with Gasteiger partial charge in [0.25, 0.3) is 0 Å². The zero-order chi connectivity index (χ0) is 20.8. The fourth-order valence-electron chi connectivity index (χ4n) is 1.34. The third kappa shape index (κ3) is 9.55. The van der Waals surface area contributed by atoms with Crippen LogP contribution in [0.2, 0.25) is 0 Å². The fourth-order valence-corrected chi connectivity index (χ4v) is 5.20. The van der Waals surface area contributed by atoms with Gasteiger partial charge in [0.15, 0.2) is 0 Å². The molecule has 0 saturated carbocycles. The first-order valence-electron chi connectivity index (χ1n) is 8.07. The molecule has 0 aliphatic rings. The van der Waals surface area contributed by atoms with E-state index in [0.29, 0.717) is 0 Å². The van der Waals surface area contributed by atoms with Gasteiger partial charge in [-0.15, -0.1) is 18.7 Å². The van der Waals surface area contributed by atoms with E-state index in [4.69, 9.17) is 18.7 Å². The number of esters is 1. The predicted octanol–water partition coefficient (Wildman–Crippen LogP) is 2.29. The van der Waals surface area contributed by atoms with E-state index in [-0.39, 0.29) is 26.4 Å². The quantitative estimate of drug-likeness (QED) is 0.153. The monoisotopic (exact) mass is 439 g/mol. The average molecular weight is 439 g/mol. The predicted molar refractivity (Wildman–Crippen MR) is 89.9 cm³/mol. The summed E-state index contributed by atoms with van der Waals surface area (Å²) in [6.45, 7) is 5.44. The average Bonchev–Trinajstić information content (AvgIpc) is 2.67. The second-order valence-corrected chi connectivity index (χ2v) is 8.53. The molecule has 0 aliphatic carbocycles. The van der Waals surface area contributed by atoms with Gasteiger partial charge in [-0.25, -0.2) is 19.6 Å². The van der Waals surface area contributed by atoms with E-state index in [1.165, 1.54) is 27.7 Å². The van der Waals surface area contributed by atoms with E-state index in [1.54, 1.807) is 0 Å². The Labute approximate surface area is 157 Å². The highest BCUT2D eigenvalue weighted by molar-refractivity contribution is 7.72. The summed E-state index contributed by atoms with van der Waals surface area (Å²) >= 11 is 0. The first-order chi connectivity index (χ1) is 12.8. The molecule has 0 saturated heterocycles. The van der Waals surface area contributed by atoms with Crippen LogP contribution in [0.1, 0.15) is 27.7 Å². The molecule has 13 nitrogen and oxygen atoms in total. The second-order valence-electron chi connectivity index (χ2n) is 4.33. The molecule has 1 N–H and O–H groups in total. The van der Waals surface area contributed by atoms with Gasteiger partial charge in [0.2, 0.25) is 5.52 Å². The standard InChI is InChI=1S/C12H27NO12P2/c1-6-18-22-26(15,23-19-7-2)12(13-10-11(14)17-5)27(16,24-20-8-3)25-21-9-4/h12-13H,6-10H2,1-5H3. The van der Waals surface area contributed by atoms with E-state index in [9.17, 15) is 13.9 Å². The molecule has 0 radical (unpaired) electrons. The van der Waals surface area contributed by atoms with Crippen molar-refractivity contribution >= 4 is 21.2 Å². The third-order valence-electron chi connectivity index (χ3n) is 2.35. The minimum atomic E-state index is -4.57. The van der Waals surface area contributed by atoms with Crippen molar-refractivity contribution in [2.45, 2.75) is 33.2 Å². The highest BCUT2D eigenvalue weighted by atomic mass is 31.2. The molecule has 0 fully saturated rings. The van der Waals surface area contributed by atoms with Gasteiger partial charge in [-0.2, -0.15) is 0 Å². The largest absolute Gasteiger partial charge is 0.468 e. The lowest BCUT2D eigenvalue weighted by molar-refractivity contribution is -0.272. The lowest BCUT2D eigenvalue weighted by Gasteiger charge is -2.28. The zero-order valence-electron chi connectivity index (χ0n) is 15.9. The van der Waals surface area contributed by atoms with Crippen LogP contribution >= 0.6 is 15.2 Å². The Morgan fingerprint density at radius 1 is 0.778 bits per heavy atom. The van der Waals surface area contributed by atoms with Gasteiger partial charge in [-0.05, 0) is 27.7 Å². The molecule has 0 unspecified atom stereocenters. The summed E-state index contributed by atoms with van der Waals surface area (Å²) in [5.41, 5.74) is -1.93. The Hall–Kier alpha value is -0.430. The van der Waals surface area contributed by atoms with Crippen LogP contribution in [0.25, 0.3) is 0 Å². The maximum atomic E-state index is 13.2. The Morgan fingerprint density at radius 3 is 1.37 bits per heavy atom. The van der Waals surface area contributed by atoms with E-state index in [2.05, 4.69) is 29.6 Å². The summed E-state index contributed by atoms with van der Waals surface area (Å²) in [5.74, 6) is -0.779. The number of nitrogens with one attached hydrogen (secondary N) is 1. The van der Waals surface area contributed by atoms with Gasteiger partial charge in [-0.3, -0.25) is 19.2 Å². The minimum absolute atomic E-state index is 0.0356. The third-order valence-corrected chi connectivity index (χ3v) is 6.87. The highest BCUT2D eigenvalue weighted by Crippen LogP contribution is 2.69. The molecule has 0 rings (SSSR count). The highest BCUT2D eigenvalue weighted by Gasteiger charge is 2.55. The van der Waals surface area contributed by atoms with Gasteiger partial charge in [0, 0.05) is 0 Å². The summed E-state index contributed by atoms with van der Waals surface area (Å²) in [6.07, 6.45) is 0. The summed E-state index contributed by atoms with van der Waals surface area (Å²) < 4.78 is 49.8. The van der Waals surface area contributed by atoms with Crippen LogP contribution in [0.3, 0.4) is 0 Å². The van der Waals surface area contributed by atoms with Crippen LogP contribution in [-0.4, -0.2) is 51.6 Å². The van der Waals surface area contributed by atoms with Crippen LogP contribution in [0.15, 0.2) is 0 Å². The van der Waals surface area contributed by atoms with Crippen LogP contribution in [0.4, 0.5) is 0 Å². The van der Waals surface area contributed by atoms with Crippen molar-refractivity contribution in [2.24, 2.45) is 0 Å². The number of hydrogen-bond donors (Lipinski definition) is 1. The Bertz CT molecular complexity index is 447. The van der Waals surface area contributed by atoms with Crippen molar-refractivity contribution in [1.82, 2.24) is 5.32 Å². The molecule has 0 amide bonds. The molecular weight excluding hydrogens is 412 g/mol. The van der Waals surface area contributed by atoms with E-state index in [0.717, 1.165) is 7.11 Å². The smallest absolute Gasteiger partial charge is 0.413 e. The van der Waals surface area contributed by atoms with E-state index >= 15 is 0 Å². The fraction of sp³-hybridized carbons (Fsp3) is 0.917. The van der Waals surface area contributed by atoms with Crippen molar-refractivity contribution in [2.75, 3.05) is 40.1 Å². The summed E-state index contributed by atoms with van der Waals surface area (Å²) in [4.78, 5) is 30.2. The number of rotatable bonds is 17. The molecule has 15 heteroatoms. The van der Waals surface area contributed by atoms with E-state index in [1.807, 2.05) is 0 Å². The van der Waals surface area contributed by atoms with Gasteiger partial charge >= 0.3 is 21.2 Å². The zero-order valence-corrected chi connectivity index (χ0v) is 17.7. The lowest BCUT2D eigenvalue weighted by atomic mass is 10.7. The molecule has 0 spiro atoms. The molecule has 0 aromatic heterocycles. The van der Waals surface area contributed by atoms with Crippen LogP contribution in [0, 0.1) is 0 Å².